The third-order valence-corrected chi connectivity index (χ3v) is 0. The molecule has 0 aliphatic rings. The van der Waals surface area contributed by atoms with E-state index >= 15 is 0 Å². The van der Waals surface area contributed by atoms with Crippen LogP contribution in [-0.4, -0.2) is 28.5 Å². The van der Waals surface area contributed by atoms with Gasteiger partial charge in [0.2, 0.25) is 0 Å². The molecule has 11 N–H and O–H groups in total. The lowest BCUT2D eigenvalue weighted by Crippen LogP contribution is -1.91. The van der Waals surface area contributed by atoms with Crippen molar-refractivity contribution >= 4 is 21.4 Å². The van der Waals surface area contributed by atoms with E-state index in [2.05, 4.69) is 0 Å². The molecule has 0 atom stereocenters. The summed E-state index contributed by atoms with van der Waals surface area (Å²) in [6.07, 6.45) is 0. The average molecular weight is 181 g/mol. The molecule has 9 heteroatoms. The summed E-state index contributed by atoms with van der Waals surface area (Å²) in [6.45, 7) is 0. The van der Waals surface area contributed by atoms with E-state index in [0.717, 1.165) is 0 Å². The van der Waals surface area contributed by atoms with Gasteiger partial charge in [0.05, 0.1) is 0 Å². The summed E-state index contributed by atoms with van der Waals surface area (Å²) in [7, 11) is -5.17. The summed E-state index contributed by atoms with van der Waals surface area (Å²) in [5.74, 6) is 0. The lowest BCUT2D eigenvalue weighted by molar-refractivity contribution is 0.352. The van der Waals surface area contributed by atoms with Crippen molar-refractivity contribution in [2.24, 2.45) is 0 Å². The second-order valence-electron chi connectivity index (χ2n) is 0.408. The molecule has 0 aromatic heterocycles. The van der Waals surface area contributed by atoms with Gasteiger partial charge in [-0.05, 0) is 11.0 Å². The fraction of sp³-hybridized carbons (Fsp3) is 0. The minimum Gasteiger partial charge on any atom is -0.759 e. The van der Waals surface area contributed by atoms with Gasteiger partial charge in [0.25, 0.3) is 0 Å². The van der Waals surface area contributed by atoms with Crippen LogP contribution in [0.5, 0.6) is 0 Å². The van der Waals surface area contributed by atoms with Gasteiger partial charge in [-0.25, -0.2) is 0 Å². The Labute approximate surface area is 58.2 Å². The SMILES string of the molecule is N.O=S(=O)([O-])[O-].[NH4+].[NH4+].[SiH4]. The van der Waals surface area contributed by atoms with Crippen molar-refractivity contribution in [3.8, 4) is 0 Å². The van der Waals surface area contributed by atoms with Crippen LogP contribution in [-0.2, 0) is 10.4 Å². The van der Waals surface area contributed by atoms with Crippen LogP contribution < -0.4 is 18.5 Å². The molecule has 0 fully saturated rings. The molecule has 0 amide bonds. The maximum absolute atomic E-state index is 8.52. The molecule has 0 saturated heterocycles. The molecule has 0 radical (unpaired) electrons. The molecule has 0 spiro atoms. The normalized spacial score (nSPS) is 6.44. The zero-order valence-corrected chi connectivity index (χ0v) is 5.56. The first-order valence-corrected chi connectivity index (χ1v) is 2.00. The van der Waals surface area contributed by atoms with Gasteiger partial charge in [-0.1, -0.05) is 0 Å². The number of rotatable bonds is 0. The minimum absolute atomic E-state index is 0. The first-order chi connectivity index (χ1) is 2.00. The van der Waals surface area contributed by atoms with Crippen LogP contribution in [0.4, 0.5) is 0 Å². The van der Waals surface area contributed by atoms with Crippen LogP contribution in [0.3, 0.4) is 0 Å². The Morgan fingerprint density at radius 3 is 1.00 bits per heavy atom. The second-order valence-corrected chi connectivity index (χ2v) is 1.22. The Hall–Kier alpha value is -0.0331. The molecule has 0 aliphatic heterocycles. The molecular weight excluding hydrogens is 166 g/mol. The topological polar surface area (TPSA) is 188 Å². The number of hydrogen-bond donors (Lipinski definition) is 3. The summed E-state index contributed by atoms with van der Waals surface area (Å²) in [5.41, 5.74) is 0. The van der Waals surface area contributed by atoms with E-state index in [4.69, 9.17) is 17.5 Å². The number of quaternary nitrogens is 2. The largest absolute Gasteiger partial charge is 0.759 e. The van der Waals surface area contributed by atoms with Crippen molar-refractivity contribution in [1.29, 1.82) is 0 Å². The van der Waals surface area contributed by atoms with Crippen LogP contribution in [0.15, 0.2) is 0 Å². The average Bonchev–Trinajstić information content (AvgIpc) is 0.722. The predicted octanol–water partition coefficient (Wildman–Crippen LogP) is -1.88. The predicted molar refractivity (Wildman–Crippen MR) is 38.8 cm³/mol. The van der Waals surface area contributed by atoms with Gasteiger partial charge in [0, 0.05) is 10.4 Å². The maximum Gasteiger partial charge on any atom is 0.0311 e. The van der Waals surface area contributed by atoms with Crippen LogP contribution in [0, 0.1) is 0 Å². The molecule has 0 aromatic rings. The molecule has 0 rings (SSSR count). The molecule has 0 unspecified atom stereocenters. The summed E-state index contributed by atoms with van der Waals surface area (Å²) in [6, 6.07) is 0. The van der Waals surface area contributed by atoms with E-state index in [0.29, 0.717) is 0 Å². The maximum atomic E-state index is 8.52. The summed E-state index contributed by atoms with van der Waals surface area (Å²) >= 11 is 0. The summed E-state index contributed by atoms with van der Waals surface area (Å²) in [5, 5.41) is 0. The van der Waals surface area contributed by atoms with Gasteiger partial charge in [-0.2, -0.15) is 0 Å². The third-order valence-electron chi connectivity index (χ3n) is 0. The van der Waals surface area contributed by atoms with Gasteiger partial charge < -0.3 is 27.6 Å². The molecule has 0 heterocycles. The Bertz CT molecular complexity index is 99.0. The molecule has 0 saturated carbocycles. The number of hydrogen-bond acceptors (Lipinski definition) is 5. The van der Waals surface area contributed by atoms with E-state index in [1.165, 1.54) is 0 Å². The van der Waals surface area contributed by atoms with E-state index < -0.39 is 10.4 Å². The monoisotopic (exact) mass is 181 g/mol. The van der Waals surface area contributed by atoms with Crippen molar-refractivity contribution in [1.82, 2.24) is 18.5 Å². The van der Waals surface area contributed by atoms with E-state index in [9.17, 15) is 0 Å². The Morgan fingerprint density at radius 1 is 1.00 bits per heavy atom. The fourth-order valence-corrected chi connectivity index (χ4v) is 0. The van der Waals surface area contributed by atoms with Gasteiger partial charge in [-0.3, -0.25) is 8.42 Å². The van der Waals surface area contributed by atoms with Crippen molar-refractivity contribution in [3.63, 3.8) is 0 Å². The second kappa shape index (κ2) is 10.9. The van der Waals surface area contributed by atoms with E-state index in [-0.39, 0.29) is 29.4 Å². The molecule has 64 valence electrons. The highest BCUT2D eigenvalue weighted by atomic mass is 32.3. The van der Waals surface area contributed by atoms with Gasteiger partial charge in [0.1, 0.15) is 0 Å². The van der Waals surface area contributed by atoms with E-state index in [1.54, 1.807) is 0 Å². The molecule has 0 aromatic carbocycles. The van der Waals surface area contributed by atoms with Crippen LogP contribution in [0.1, 0.15) is 0 Å². The fourth-order valence-electron chi connectivity index (χ4n) is 0. The lowest BCUT2D eigenvalue weighted by Gasteiger charge is -2.06. The minimum atomic E-state index is -5.17. The Balaban J connectivity index is -0.0000000133. The van der Waals surface area contributed by atoms with Crippen LogP contribution in [0.2, 0.25) is 0 Å². The Kier molecular flexibility index (Phi) is 43.6. The summed E-state index contributed by atoms with van der Waals surface area (Å²) in [4.78, 5) is 0. The smallest absolute Gasteiger partial charge is 0.0311 e. The van der Waals surface area contributed by atoms with Crippen molar-refractivity contribution in [3.05, 3.63) is 0 Å². The van der Waals surface area contributed by atoms with Gasteiger partial charge in [0.15, 0.2) is 0 Å². The standard InChI is InChI=1S/3H3N.H2O4S.H4Si/c;;;1-5(2,3)4;/h3*1H3;(H2,1,2,3,4);1H4. The Morgan fingerprint density at radius 2 is 1.00 bits per heavy atom. The highest BCUT2D eigenvalue weighted by molar-refractivity contribution is 7.79. The van der Waals surface area contributed by atoms with Crippen LogP contribution >= 0.6 is 0 Å². The van der Waals surface area contributed by atoms with E-state index in [1.807, 2.05) is 0 Å². The summed E-state index contributed by atoms with van der Waals surface area (Å²) < 4.78 is 34.1. The van der Waals surface area contributed by atoms with Gasteiger partial charge in [-0.15, -0.1) is 0 Å². The molecule has 9 heavy (non-hydrogen) atoms. The molecule has 7 nitrogen and oxygen atoms in total. The first-order valence-electron chi connectivity index (χ1n) is 0.667. The first kappa shape index (κ1) is 36.2. The van der Waals surface area contributed by atoms with Crippen molar-refractivity contribution in [2.75, 3.05) is 0 Å². The zero-order valence-electron chi connectivity index (χ0n) is 4.75. The van der Waals surface area contributed by atoms with Crippen molar-refractivity contribution < 1.29 is 17.5 Å². The highest BCUT2D eigenvalue weighted by Crippen LogP contribution is 1.57. The third kappa shape index (κ3) is 259000. The highest BCUT2D eigenvalue weighted by Gasteiger charge is 1.49. The molecular formula is H15N3O4SSi. The lowest BCUT2D eigenvalue weighted by atomic mass is 14.0. The molecule has 0 bridgehead atoms. The molecule has 0 aliphatic carbocycles. The van der Waals surface area contributed by atoms with Gasteiger partial charge >= 0.3 is 0 Å². The van der Waals surface area contributed by atoms with Crippen molar-refractivity contribution in [2.45, 2.75) is 0 Å². The van der Waals surface area contributed by atoms with Crippen LogP contribution in [0.25, 0.3) is 0 Å². The quantitative estimate of drug-likeness (QED) is 0.223. The zero-order chi connectivity index (χ0) is 4.50.